The van der Waals surface area contributed by atoms with Gasteiger partial charge in [-0.15, -0.1) is 0 Å². The highest BCUT2D eigenvalue weighted by Crippen LogP contribution is 2.10. The van der Waals surface area contributed by atoms with E-state index in [0.717, 1.165) is 18.8 Å². The van der Waals surface area contributed by atoms with E-state index in [1.54, 1.807) is 0 Å². The molecule has 0 saturated carbocycles. The number of nitrogens with one attached hydrogen (secondary N) is 1. The highest BCUT2D eigenvalue weighted by Gasteiger charge is 1.96. The van der Waals surface area contributed by atoms with Gasteiger partial charge < -0.3 is 5.32 Å². The quantitative estimate of drug-likeness (QED) is 0.775. The number of nitrogens with zero attached hydrogens (tertiary/aromatic N) is 1. The second-order valence-corrected chi connectivity index (χ2v) is 2.40. The van der Waals surface area contributed by atoms with Crippen LogP contribution in [-0.2, 0) is 6.42 Å². The Hall–Kier alpha value is -1.05. The van der Waals surface area contributed by atoms with Crippen molar-refractivity contribution in [2.75, 3.05) is 11.9 Å². The third-order valence-corrected chi connectivity index (χ3v) is 1.62. The molecule has 0 fully saturated rings. The lowest BCUT2D eigenvalue weighted by Gasteiger charge is -2.05. The molecule has 0 aliphatic heterocycles. The molecule has 2 heteroatoms. The minimum Gasteiger partial charge on any atom is -0.370 e. The molecule has 1 aromatic rings. The molecular weight excluding hydrogens is 160 g/mol. The van der Waals surface area contributed by atoms with Crippen LogP contribution in [-0.4, -0.2) is 11.5 Å². The van der Waals surface area contributed by atoms with Crippen molar-refractivity contribution in [2.24, 2.45) is 0 Å². The van der Waals surface area contributed by atoms with Crippen LogP contribution in [0.15, 0.2) is 18.3 Å². The Labute approximate surface area is 82.9 Å². The van der Waals surface area contributed by atoms with Crippen molar-refractivity contribution in [3.05, 3.63) is 23.9 Å². The van der Waals surface area contributed by atoms with E-state index in [0.29, 0.717) is 0 Å². The third-order valence-electron chi connectivity index (χ3n) is 1.62. The predicted molar refractivity (Wildman–Crippen MR) is 61.2 cm³/mol. The maximum Gasteiger partial charge on any atom is 0.129 e. The predicted octanol–water partition coefficient (Wildman–Crippen LogP) is 3.35. The average molecular weight is 182 g/mol. The fourth-order valence-corrected chi connectivity index (χ4v) is 1.05. The molecular formula is C11H22N2. The fraction of sp³-hybridized carbons (Fsp3) is 0.545. The number of hydrogen-bond donors (Lipinski definition) is 1. The normalized spacial score (nSPS) is 8.62. The van der Waals surface area contributed by atoms with Gasteiger partial charge in [-0.1, -0.05) is 26.8 Å². The van der Waals surface area contributed by atoms with Gasteiger partial charge in [0, 0.05) is 14.2 Å². The molecule has 13 heavy (non-hydrogen) atoms. The third kappa shape index (κ3) is 3.92. The van der Waals surface area contributed by atoms with E-state index in [1.165, 1.54) is 5.56 Å². The van der Waals surface area contributed by atoms with E-state index in [1.807, 2.05) is 26.1 Å². The Morgan fingerprint density at radius 2 is 2.08 bits per heavy atom. The molecule has 1 heterocycles. The molecule has 0 spiro atoms. The summed E-state index contributed by atoms with van der Waals surface area (Å²) in [7, 11) is 0. The van der Waals surface area contributed by atoms with Crippen LogP contribution >= 0.6 is 0 Å². The molecule has 1 N–H and O–H groups in total. The van der Waals surface area contributed by atoms with Crippen LogP contribution in [0.5, 0.6) is 0 Å². The maximum absolute atomic E-state index is 4.23. The van der Waals surface area contributed by atoms with Gasteiger partial charge in [0.2, 0.25) is 0 Å². The van der Waals surface area contributed by atoms with Gasteiger partial charge in [0.05, 0.1) is 0 Å². The largest absolute Gasteiger partial charge is 0.370 e. The average Bonchev–Trinajstić information content (AvgIpc) is 2.22. The molecule has 0 saturated heterocycles. The van der Waals surface area contributed by atoms with Gasteiger partial charge in [-0.05, 0) is 25.0 Å². The van der Waals surface area contributed by atoms with Gasteiger partial charge in [0.15, 0.2) is 0 Å². The standard InChI is InChI=1S/C9H14N2.C2H6.H2/c1-3-8-6-5-7-11-9(8)10-4-2;1-2;/h5-7H,3-4H2,1-2H3,(H,10,11);1-2H3;1H. The molecule has 0 aromatic carbocycles. The molecule has 1 rings (SSSR count). The van der Waals surface area contributed by atoms with E-state index in [4.69, 9.17) is 0 Å². The van der Waals surface area contributed by atoms with Crippen LogP contribution in [0.2, 0.25) is 0 Å². The fourth-order valence-electron chi connectivity index (χ4n) is 1.05. The summed E-state index contributed by atoms with van der Waals surface area (Å²) in [6.45, 7) is 9.15. The highest BCUT2D eigenvalue weighted by molar-refractivity contribution is 5.43. The van der Waals surface area contributed by atoms with Gasteiger partial charge in [0.1, 0.15) is 5.82 Å². The summed E-state index contributed by atoms with van der Waals surface area (Å²) in [5.74, 6) is 1.03. The van der Waals surface area contributed by atoms with E-state index in [-0.39, 0.29) is 1.43 Å². The molecule has 0 bridgehead atoms. The molecule has 76 valence electrons. The van der Waals surface area contributed by atoms with Crippen molar-refractivity contribution in [1.82, 2.24) is 4.98 Å². The first-order valence-corrected chi connectivity index (χ1v) is 5.06. The molecule has 1 aromatic heterocycles. The van der Waals surface area contributed by atoms with E-state index < -0.39 is 0 Å². The minimum atomic E-state index is 0. The van der Waals surface area contributed by atoms with Gasteiger partial charge >= 0.3 is 0 Å². The van der Waals surface area contributed by atoms with Crippen molar-refractivity contribution in [3.8, 4) is 0 Å². The minimum absolute atomic E-state index is 0. The molecule has 0 aliphatic carbocycles. The molecule has 0 amide bonds. The van der Waals surface area contributed by atoms with Crippen molar-refractivity contribution in [1.29, 1.82) is 0 Å². The van der Waals surface area contributed by atoms with Crippen LogP contribution < -0.4 is 5.32 Å². The molecule has 0 unspecified atom stereocenters. The van der Waals surface area contributed by atoms with E-state index >= 15 is 0 Å². The van der Waals surface area contributed by atoms with Crippen molar-refractivity contribution >= 4 is 5.82 Å². The second kappa shape index (κ2) is 7.59. The van der Waals surface area contributed by atoms with Crippen LogP contribution in [0.3, 0.4) is 0 Å². The first kappa shape index (κ1) is 11.9. The number of anilines is 1. The number of hydrogen-bond acceptors (Lipinski definition) is 2. The summed E-state index contributed by atoms with van der Waals surface area (Å²) in [6.07, 6.45) is 2.85. The Bertz CT molecular complexity index is 226. The zero-order valence-corrected chi connectivity index (χ0v) is 9.09. The summed E-state index contributed by atoms with van der Waals surface area (Å²) in [4.78, 5) is 4.23. The molecule has 0 atom stereocenters. The highest BCUT2D eigenvalue weighted by atomic mass is 15.0. The first-order chi connectivity index (χ1) is 6.38. The van der Waals surface area contributed by atoms with Crippen LogP contribution in [0.4, 0.5) is 5.82 Å². The zero-order valence-electron chi connectivity index (χ0n) is 9.09. The van der Waals surface area contributed by atoms with Crippen molar-refractivity contribution in [2.45, 2.75) is 34.1 Å². The van der Waals surface area contributed by atoms with Gasteiger partial charge in [-0.3, -0.25) is 0 Å². The zero-order chi connectivity index (χ0) is 10.1. The number of rotatable bonds is 3. The van der Waals surface area contributed by atoms with E-state index in [9.17, 15) is 0 Å². The summed E-state index contributed by atoms with van der Waals surface area (Å²) in [5.41, 5.74) is 1.29. The molecule has 0 radical (unpaired) electrons. The van der Waals surface area contributed by atoms with Gasteiger partial charge in [-0.25, -0.2) is 4.98 Å². The number of pyridine rings is 1. The Morgan fingerprint density at radius 1 is 1.38 bits per heavy atom. The summed E-state index contributed by atoms with van der Waals surface area (Å²) in [6, 6.07) is 4.07. The van der Waals surface area contributed by atoms with Crippen LogP contribution in [0.1, 0.15) is 34.7 Å². The number of aromatic nitrogens is 1. The summed E-state index contributed by atoms with van der Waals surface area (Å²) >= 11 is 0. The SMILES string of the molecule is CC.CCNc1ncccc1CC.[HH]. The van der Waals surface area contributed by atoms with Crippen LogP contribution in [0, 0.1) is 0 Å². The van der Waals surface area contributed by atoms with Gasteiger partial charge in [-0.2, -0.15) is 0 Å². The Morgan fingerprint density at radius 3 is 2.62 bits per heavy atom. The van der Waals surface area contributed by atoms with E-state index in [2.05, 4.69) is 30.2 Å². The van der Waals surface area contributed by atoms with Gasteiger partial charge in [0.25, 0.3) is 0 Å². The Kier molecular flexibility index (Phi) is 6.98. The lowest BCUT2D eigenvalue weighted by molar-refractivity contribution is 1.07. The maximum atomic E-state index is 4.23. The monoisotopic (exact) mass is 182 g/mol. The first-order valence-electron chi connectivity index (χ1n) is 5.06. The molecule has 2 nitrogen and oxygen atoms in total. The Balaban J connectivity index is 0. The lowest BCUT2D eigenvalue weighted by atomic mass is 10.2. The van der Waals surface area contributed by atoms with Crippen molar-refractivity contribution < 1.29 is 1.43 Å². The smallest absolute Gasteiger partial charge is 0.129 e. The second-order valence-electron chi connectivity index (χ2n) is 2.40. The molecule has 0 aliphatic rings. The van der Waals surface area contributed by atoms with Crippen LogP contribution in [0.25, 0.3) is 0 Å². The lowest BCUT2D eigenvalue weighted by Crippen LogP contribution is -2.01. The summed E-state index contributed by atoms with van der Waals surface area (Å²) < 4.78 is 0. The van der Waals surface area contributed by atoms with Crippen molar-refractivity contribution in [3.63, 3.8) is 0 Å². The topological polar surface area (TPSA) is 24.9 Å². The summed E-state index contributed by atoms with van der Waals surface area (Å²) in [5, 5.41) is 3.22. The number of aryl methyl sites for hydroxylation is 1.